The lowest BCUT2D eigenvalue weighted by Gasteiger charge is -2.18. The van der Waals surface area contributed by atoms with Crippen LogP contribution in [0.1, 0.15) is 298 Å². The molecule has 0 N–H and O–H groups in total. The van der Waals surface area contributed by atoms with Gasteiger partial charge in [-0.3, -0.25) is 14.4 Å². The Balaban J connectivity index is 4.30. The molecule has 356 valence electrons. The summed E-state index contributed by atoms with van der Waals surface area (Å²) >= 11 is 0. The highest BCUT2D eigenvalue weighted by molar-refractivity contribution is 5.71. The zero-order valence-corrected chi connectivity index (χ0v) is 41.1. The quantitative estimate of drug-likeness (QED) is 0.0345. The minimum atomic E-state index is -0.762. The van der Waals surface area contributed by atoms with Crippen LogP contribution in [0.3, 0.4) is 0 Å². The largest absolute Gasteiger partial charge is 0.462 e. The number of hydrogen-bond acceptors (Lipinski definition) is 6. The molecule has 0 fully saturated rings. The van der Waals surface area contributed by atoms with Crippen LogP contribution in [-0.2, 0) is 28.6 Å². The minimum Gasteiger partial charge on any atom is -0.462 e. The van der Waals surface area contributed by atoms with Crippen LogP contribution in [0.25, 0.3) is 0 Å². The first-order valence-corrected chi connectivity index (χ1v) is 26.7. The number of hydrogen-bond donors (Lipinski definition) is 0. The number of rotatable bonds is 48. The van der Waals surface area contributed by atoms with Crippen LogP contribution in [0.15, 0.2) is 0 Å². The Bertz CT molecular complexity index is 916. The van der Waals surface area contributed by atoms with Gasteiger partial charge in [-0.2, -0.15) is 0 Å². The number of carbonyl (C=O) groups is 3. The standard InChI is InChI=1S/C54H104O6/c1-6-7-8-9-10-11-12-13-14-15-16-19-24-29-34-39-44-52(55)58-47-51(48-59-53(56)45-40-35-30-26-21-23-28-33-38-43-50(4)5)60-54(57)46-41-36-31-25-20-17-18-22-27-32-37-42-49(2)3/h49-51H,6-48H2,1-5H3/t51-/m0/s1. The van der Waals surface area contributed by atoms with E-state index in [1.807, 2.05) is 0 Å². The average Bonchev–Trinajstić information content (AvgIpc) is 3.22. The monoisotopic (exact) mass is 849 g/mol. The smallest absolute Gasteiger partial charge is 0.306 e. The second-order valence-corrected chi connectivity index (χ2v) is 19.5. The molecule has 1 atom stereocenters. The van der Waals surface area contributed by atoms with Crippen molar-refractivity contribution in [2.24, 2.45) is 11.8 Å². The first-order chi connectivity index (χ1) is 29.2. The summed E-state index contributed by atoms with van der Waals surface area (Å²) in [4.78, 5) is 38.0. The van der Waals surface area contributed by atoms with Crippen molar-refractivity contribution in [3.8, 4) is 0 Å². The van der Waals surface area contributed by atoms with E-state index in [0.717, 1.165) is 69.6 Å². The van der Waals surface area contributed by atoms with Gasteiger partial charge in [0.2, 0.25) is 0 Å². The first kappa shape index (κ1) is 58.4. The minimum absolute atomic E-state index is 0.0636. The van der Waals surface area contributed by atoms with Crippen LogP contribution in [0.2, 0.25) is 0 Å². The fourth-order valence-electron chi connectivity index (χ4n) is 8.17. The highest BCUT2D eigenvalue weighted by atomic mass is 16.6. The van der Waals surface area contributed by atoms with E-state index >= 15 is 0 Å². The number of carbonyl (C=O) groups excluding carboxylic acids is 3. The van der Waals surface area contributed by atoms with E-state index in [2.05, 4.69) is 34.6 Å². The molecule has 0 radical (unpaired) electrons. The molecule has 6 nitrogen and oxygen atoms in total. The average molecular weight is 849 g/mol. The second kappa shape index (κ2) is 46.9. The summed E-state index contributed by atoms with van der Waals surface area (Å²) in [6.45, 7) is 11.4. The van der Waals surface area contributed by atoms with Crippen molar-refractivity contribution in [3.05, 3.63) is 0 Å². The third-order valence-electron chi connectivity index (χ3n) is 12.2. The van der Waals surface area contributed by atoms with Crippen LogP contribution in [0, 0.1) is 11.8 Å². The van der Waals surface area contributed by atoms with Crippen LogP contribution in [-0.4, -0.2) is 37.2 Å². The summed E-state index contributed by atoms with van der Waals surface area (Å²) in [5, 5.41) is 0. The van der Waals surface area contributed by atoms with Gasteiger partial charge in [0.1, 0.15) is 13.2 Å². The van der Waals surface area contributed by atoms with Gasteiger partial charge in [-0.25, -0.2) is 0 Å². The van der Waals surface area contributed by atoms with E-state index in [4.69, 9.17) is 14.2 Å². The van der Waals surface area contributed by atoms with Crippen LogP contribution < -0.4 is 0 Å². The van der Waals surface area contributed by atoms with E-state index in [-0.39, 0.29) is 31.1 Å². The first-order valence-electron chi connectivity index (χ1n) is 26.7. The lowest BCUT2D eigenvalue weighted by atomic mass is 10.0. The molecule has 0 aromatic carbocycles. The molecule has 0 aromatic heterocycles. The maximum atomic E-state index is 12.8. The Labute approximate surface area is 374 Å². The molecule has 0 aromatic rings. The van der Waals surface area contributed by atoms with Gasteiger partial charge in [0.15, 0.2) is 6.10 Å². The molecule has 0 aliphatic carbocycles. The van der Waals surface area contributed by atoms with Gasteiger partial charge < -0.3 is 14.2 Å². The van der Waals surface area contributed by atoms with Crippen molar-refractivity contribution < 1.29 is 28.6 Å². The number of ether oxygens (including phenoxy) is 3. The van der Waals surface area contributed by atoms with Crippen LogP contribution >= 0.6 is 0 Å². The summed E-state index contributed by atoms with van der Waals surface area (Å²) < 4.78 is 16.8. The van der Waals surface area contributed by atoms with Gasteiger partial charge in [0.05, 0.1) is 0 Å². The summed E-state index contributed by atoms with van der Waals surface area (Å²) in [6.07, 6.45) is 48.0. The Morgan fingerprint density at radius 2 is 0.550 bits per heavy atom. The highest BCUT2D eigenvalue weighted by Gasteiger charge is 2.19. The molecule has 0 unspecified atom stereocenters. The Kier molecular flexibility index (Phi) is 45.7. The van der Waals surface area contributed by atoms with Gasteiger partial charge in [0.25, 0.3) is 0 Å². The second-order valence-electron chi connectivity index (χ2n) is 19.5. The SMILES string of the molecule is CCCCCCCCCCCCCCCCCCC(=O)OC[C@@H](COC(=O)CCCCCCCCCCCC(C)C)OC(=O)CCCCCCCCCCCCCC(C)C. The topological polar surface area (TPSA) is 78.9 Å². The third-order valence-corrected chi connectivity index (χ3v) is 12.2. The summed E-state index contributed by atoms with van der Waals surface area (Å²) in [5.74, 6) is 0.787. The molecular weight excluding hydrogens is 745 g/mol. The van der Waals surface area contributed by atoms with Crippen LogP contribution in [0.5, 0.6) is 0 Å². The van der Waals surface area contributed by atoms with Gasteiger partial charge in [-0.05, 0) is 31.1 Å². The molecule has 0 saturated heterocycles. The number of unbranched alkanes of at least 4 members (excludes halogenated alkanes) is 33. The predicted molar refractivity (Wildman–Crippen MR) is 256 cm³/mol. The van der Waals surface area contributed by atoms with Crippen molar-refractivity contribution in [3.63, 3.8) is 0 Å². The maximum absolute atomic E-state index is 12.8. The van der Waals surface area contributed by atoms with Crippen LogP contribution in [0.4, 0.5) is 0 Å². The Morgan fingerprint density at radius 3 is 0.817 bits per heavy atom. The van der Waals surface area contributed by atoms with E-state index in [0.29, 0.717) is 19.3 Å². The number of esters is 3. The van der Waals surface area contributed by atoms with E-state index < -0.39 is 6.10 Å². The fraction of sp³-hybridized carbons (Fsp3) is 0.944. The molecule has 0 spiro atoms. The molecule has 0 aliphatic heterocycles. The summed E-state index contributed by atoms with van der Waals surface area (Å²) in [6, 6.07) is 0. The van der Waals surface area contributed by atoms with Crippen molar-refractivity contribution >= 4 is 17.9 Å². The predicted octanol–water partition coefficient (Wildman–Crippen LogP) is 17.3. The van der Waals surface area contributed by atoms with Gasteiger partial charge >= 0.3 is 17.9 Å². The lowest BCUT2D eigenvalue weighted by molar-refractivity contribution is -0.167. The van der Waals surface area contributed by atoms with Gasteiger partial charge in [-0.15, -0.1) is 0 Å². The fourth-order valence-corrected chi connectivity index (χ4v) is 8.17. The molecular formula is C54H104O6. The Hall–Kier alpha value is -1.59. The zero-order valence-electron chi connectivity index (χ0n) is 41.1. The lowest BCUT2D eigenvalue weighted by Crippen LogP contribution is -2.30. The van der Waals surface area contributed by atoms with E-state index in [1.54, 1.807) is 0 Å². The third kappa shape index (κ3) is 47.5. The van der Waals surface area contributed by atoms with E-state index in [1.165, 1.54) is 186 Å². The normalized spacial score (nSPS) is 12.1. The molecule has 0 bridgehead atoms. The zero-order chi connectivity index (χ0) is 44.0. The highest BCUT2D eigenvalue weighted by Crippen LogP contribution is 2.17. The molecule has 6 heteroatoms. The molecule has 0 aliphatic rings. The van der Waals surface area contributed by atoms with Gasteiger partial charge in [-0.1, -0.05) is 259 Å². The van der Waals surface area contributed by atoms with Crippen molar-refractivity contribution in [2.45, 2.75) is 304 Å². The van der Waals surface area contributed by atoms with E-state index in [9.17, 15) is 14.4 Å². The van der Waals surface area contributed by atoms with Crippen molar-refractivity contribution in [1.82, 2.24) is 0 Å². The van der Waals surface area contributed by atoms with Crippen molar-refractivity contribution in [1.29, 1.82) is 0 Å². The molecule has 0 heterocycles. The molecule has 0 saturated carbocycles. The molecule has 0 amide bonds. The molecule has 0 rings (SSSR count). The molecule has 60 heavy (non-hydrogen) atoms. The summed E-state index contributed by atoms with van der Waals surface area (Å²) in [5.41, 5.74) is 0. The maximum Gasteiger partial charge on any atom is 0.306 e. The summed E-state index contributed by atoms with van der Waals surface area (Å²) in [7, 11) is 0. The van der Waals surface area contributed by atoms with Crippen molar-refractivity contribution in [2.75, 3.05) is 13.2 Å². The Morgan fingerprint density at radius 1 is 0.317 bits per heavy atom. The van der Waals surface area contributed by atoms with Gasteiger partial charge in [0, 0.05) is 19.3 Å².